The number of benzene rings is 1. The van der Waals surface area contributed by atoms with Crippen LogP contribution in [0.5, 0.6) is 5.75 Å². The zero-order valence-electron chi connectivity index (χ0n) is 16.8. The SMILES string of the molecule is CC(C)(C)OC(=O)c1c(OS(=O)(=O)C(F)(F)F)csc1NC(=O)c1cc2ccccc2o1. The number of carbonyl (C=O) groups is 2. The fraction of sp³-hybridized carbons (Fsp3) is 0.263. The van der Waals surface area contributed by atoms with Crippen LogP contribution in [0.1, 0.15) is 41.7 Å². The minimum atomic E-state index is -6.07. The van der Waals surface area contributed by atoms with Crippen LogP contribution in [0.2, 0.25) is 0 Å². The van der Waals surface area contributed by atoms with Crippen molar-refractivity contribution in [1.82, 2.24) is 0 Å². The summed E-state index contributed by atoms with van der Waals surface area (Å²) >= 11 is 0.580. The molecular formula is C19H16F3NO7S2. The third-order valence-corrected chi connectivity index (χ3v) is 5.56. The summed E-state index contributed by atoms with van der Waals surface area (Å²) in [4.78, 5) is 25.2. The van der Waals surface area contributed by atoms with Crippen molar-refractivity contribution >= 4 is 49.3 Å². The number of hydrogen-bond acceptors (Lipinski definition) is 8. The molecule has 0 aliphatic heterocycles. The average molecular weight is 491 g/mol. The molecule has 172 valence electrons. The van der Waals surface area contributed by atoms with Crippen molar-refractivity contribution in [2.24, 2.45) is 0 Å². The molecule has 8 nitrogen and oxygen atoms in total. The van der Waals surface area contributed by atoms with E-state index >= 15 is 0 Å². The molecule has 0 saturated heterocycles. The van der Waals surface area contributed by atoms with Crippen LogP contribution in [0.4, 0.5) is 18.2 Å². The summed E-state index contributed by atoms with van der Waals surface area (Å²) in [6.45, 7) is 4.49. The van der Waals surface area contributed by atoms with E-state index in [1.165, 1.54) is 26.8 Å². The van der Waals surface area contributed by atoms with Crippen molar-refractivity contribution < 1.29 is 44.5 Å². The first-order valence-corrected chi connectivity index (χ1v) is 11.1. The van der Waals surface area contributed by atoms with Gasteiger partial charge in [-0.3, -0.25) is 4.79 Å². The molecule has 0 unspecified atom stereocenters. The molecular weight excluding hydrogens is 475 g/mol. The molecule has 0 atom stereocenters. The zero-order valence-corrected chi connectivity index (χ0v) is 18.4. The number of rotatable bonds is 5. The molecule has 2 aromatic heterocycles. The lowest BCUT2D eigenvalue weighted by atomic mass is 10.2. The first-order chi connectivity index (χ1) is 14.7. The van der Waals surface area contributed by atoms with Crippen LogP contribution in [-0.4, -0.2) is 31.4 Å². The Morgan fingerprint density at radius 1 is 1.12 bits per heavy atom. The zero-order chi connectivity index (χ0) is 23.9. The molecule has 1 amide bonds. The summed E-state index contributed by atoms with van der Waals surface area (Å²) in [5, 5.41) is 3.51. The Hall–Kier alpha value is -3.06. The maximum absolute atomic E-state index is 12.8. The van der Waals surface area contributed by atoms with Crippen molar-refractivity contribution in [1.29, 1.82) is 0 Å². The van der Waals surface area contributed by atoms with Crippen LogP contribution in [0.25, 0.3) is 11.0 Å². The number of nitrogens with one attached hydrogen (secondary N) is 1. The molecule has 0 bridgehead atoms. The van der Waals surface area contributed by atoms with Gasteiger partial charge in [-0.2, -0.15) is 21.6 Å². The maximum Gasteiger partial charge on any atom is 0.534 e. The normalized spacial score (nSPS) is 12.6. The second-order valence-electron chi connectivity index (χ2n) is 7.39. The van der Waals surface area contributed by atoms with Gasteiger partial charge in [0.15, 0.2) is 11.5 Å². The Morgan fingerprint density at radius 3 is 2.38 bits per heavy atom. The quantitative estimate of drug-likeness (QED) is 0.306. The highest BCUT2D eigenvalue weighted by Gasteiger charge is 2.49. The summed E-state index contributed by atoms with van der Waals surface area (Å²) < 4.78 is 75.8. The highest BCUT2D eigenvalue weighted by molar-refractivity contribution is 7.88. The monoisotopic (exact) mass is 491 g/mol. The van der Waals surface area contributed by atoms with E-state index in [2.05, 4.69) is 9.50 Å². The highest BCUT2D eigenvalue weighted by atomic mass is 32.2. The molecule has 1 N–H and O–H groups in total. The van der Waals surface area contributed by atoms with Gasteiger partial charge in [-0.15, -0.1) is 11.3 Å². The van der Waals surface area contributed by atoms with Crippen LogP contribution < -0.4 is 9.50 Å². The van der Waals surface area contributed by atoms with Crippen LogP contribution >= 0.6 is 11.3 Å². The number of halogens is 3. The summed E-state index contributed by atoms with van der Waals surface area (Å²) in [7, 11) is -6.07. The summed E-state index contributed by atoms with van der Waals surface area (Å²) in [5.74, 6) is -3.08. The summed E-state index contributed by atoms with van der Waals surface area (Å²) in [5.41, 5.74) is -7.06. The van der Waals surface area contributed by atoms with Gasteiger partial charge >= 0.3 is 21.6 Å². The van der Waals surface area contributed by atoms with E-state index in [0.29, 0.717) is 22.3 Å². The molecule has 0 radical (unpaired) electrons. The van der Waals surface area contributed by atoms with Gasteiger partial charge in [0.1, 0.15) is 21.7 Å². The first kappa shape index (κ1) is 23.6. The number of furan rings is 1. The number of fused-ring (bicyclic) bond motifs is 1. The van der Waals surface area contributed by atoms with Gasteiger partial charge in [0, 0.05) is 10.8 Å². The van der Waals surface area contributed by atoms with Crippen molar-refractivity contribution in [3.63, 3.8) is 0 Å². The predicted octanol–water partition coefficient (Wildman–Crippen LogP) is 4.93. The summed E-state index contributed by atoms with van der Waals surface area (Å²) in [6.07, 6.45) is 0. The number of anilines is 1. The number of esters is 1. The second-order valence-corrected chi connectivity index (χ2v) is 9.81. The molecule has 3 aromatic rings. The third kappa shape index (κ3) is 5.05. The highest BCUT2D eigenvalue weighted by Crippen LogP contribution is 2.39. The Morgan fingerprint density at radius 2 is 1.78 bits per heavy atom. The minimum Gasteiger partial charge on any atom is -0.456 e. The van der Waals surface area contributed by atoms with E-state index in [9.17, 15) is 31.2 Å². The number of carbonyl (C=O) groups excluding carboxylic acids is 2. The molecule has 1 aromatic carbocycles. The van der Waals surface area contributed by atoms with Crippen molar-refractivity contribution in [3.8, 4) is 5.75 Å². The number of hydrogen-bond donors (Lipinski definition) is 1. The fourth-order valence-electron chi connectivity index (χ4n) is 2.44. The number of para-hydroxylation sites is 1. The number of alkyl halides is 3. The van der Waals surface area contributed by atoms with Gasteiger partial charge in [0.2, 0.25) is 0 Å². The minimum absolute atomic E-state index is 0.139. The predicted molar refractivity (Wildman–Crippen MR) is 109 cm³/mol. The molecule has 13 heteroatoms. The number of amides is 1. The lowest BCUT2D eigenvalue weighted by Crippen LogP contribution is -2.29. The Kier molecular flexibility index (Phi) is 6.00. The van der Waals surface area contributed by atoms with Crippen LogP contribution in [-0.2, 0) is 14.9 Å². The van der Waals surface area contributed by atoms with Crippen LogP contribution in [0.15, 0.2) is 40.1 Å². The molecule has 0 aliphatic rings. The van der Waals surface area contributed by atoms with E-state index in [-0.39, 0.29) is 10.8 Å². The standard InChI is InChI=1S/C19H16F3NO7S2/c1-18(2,3)29-17(25)14-13(30-32(26,27)19(20,21)22)9-31-16(14)23-15(24)12-8-10-6-4-5-7-11(10)28-12/h4-9H,1-3H3,(H,23,24). The van der Waals surface area contributed by atoms with E-state index in [4.69, 9.17) is 9.15 Å². The third-order valence-electron chi connectivity index (χ3n) is 3.72. The molecule has 2 heterocycles. The van der Waals surface area contributed by atoms with Crippen LogP contribution in [0.3, 0.4) is 0 Å². The van der Waals surface area contributed by atoms with E-state index < -0.39 is 44.4 Å². The largest absolute Gasteiger partial charge is 0.534 e. The van der Waals surface area contributed by atoms with Crippen LogP contribution in [0, 0.1) is 0 Å². The van der Waals surface area contributed by atoms with Gasteiger partial charge in [0.05, 0.1) is 0 Å². The van der Waals surface area contributed by atoms with Gasteiger partial charge < -0.3 is 18.7 Å². The van der Waals surface area contributed by atoms with Crippen molar-refractivity contribution in [2.75, 3.05) is 5.32 Å². The molecule has 0 fully saturated rings. The van der Waals surface area contributed by atoms with Gasteiger partial charge in [-0.25, -0.2) is 4.79 Å². The van der Waals surface area contributed by atoms with Gasteiger partial charge in [-0.1, -0.05) is 18.2 Å². The second kappa shape index (κ2) is 8.13. The van der Waals surface area contributed by atoms with Gasteiger partial charge in [0.25, 0.3) is 5.91 Å². The summed E-state index contributed by atoms with van der Waals surface area (Å²) in [6, 6.07) is 8.16. The molecule has 0 spiro atoms. The number of ether oxygens (including phenoxy) is 1. The Balaban J connectivity index is 1.98. The first-order valence-electron chi connectivity index (χ1n) is 8.83. The average Bonchev–Trinajstić information content (AvgIpc) is 3.23. The lowest BCUT2D eigenvalue weighted by Gasteiger charge is -2.20. The lowest BCUT2D eigenvalue weighted by molar-refractivity contribution is -0.0501. The molecule has 0 saturated carbocycles. The van der Waals surface area contributed by atoms with Crippen molar-refractivity contribution in [3.05, 3.63) is 47.0 Å². The Labute approximate surface area is 184 Å². The number of thiophene rings is 1. The topological polar surface area (TPSA) is 112 Å². The molecule has 32 heavy (non-hydrogen) atoms. The Bertz CT molecular complexity index is 1250. The fourth-order valence-corrected chi connectivity index (χ4v) is 3.81. The smallest absolute Gasteiger partial charge is 0.456 e. The van der Waals surface area contributed by atoms with Gasteiger partial charge in [-0.05, 0) is 32.9 Å². The van der Waals surface area contributed by atoms with E-state index in [0.717, 1.165) is 5.38 Å². The maximum atomic E-state index is 12.8. The van der Waals surface area contributed by atoms with E-state index in [1.54, 1.807) is 24.3 Å². The van der Waals surface area contributed by atoms with Crippen molar-refractivity contribution in [2.45, 2.75) is 31.9 Å². The molecule has 0 aliphatic carbocycles. The molecule has 3 rings (SSSR count). The van der Waals surface area contributed by atoms with E-state index in [1.807, 2.05) is 0 Å².